The van der Waals surface area contributed by atoms with E-state index in [2.05, 4.69) is 29.5 Å². The van der Waals surface area contributed by atoms with Gasteiger partial charge in [0.15, 0.2) is 0 Å². The first-order valence-electron chi connectivity index (χ1n) is 9.38. The highest BCUT2D eigenvalue weighted by molar-refractivity contribution is 5.96. The average molecular weight is 381 g/mol. The fraction of sp³-hybridized carbons (Fsp3) is 0.273. The summed E-state index contributed by atoms with van der Waals surface area (Å²) in [5.74, 6) is 0.351. The van der Waals surface area contributed by atoms with Crippen molar-refractivity contribution in [3.8, 4) is 5.75 Å². The Kier molecular flexibility index (Phi) is 8.59. The summed E-state index contributed by atoms with van der Waals surface area (Å²) in [6, 6.07) is 14.3. The molecule has 0 aromatic heterocycles. The number of benzene rings is 2. The third-order valence-electron chi connectivity index (χ3n) is 3.88. The standard InChI is InChI=1S/C22H27N3O3/c1-3-5-12-23-22(27)17-8-6-9-18(14-17)24-16-21(26)25-19-10-7-11-20(15-19)28-13-4-2/h4,6-11,14-15,24H,2-3,5,12-13,16H2,1H3,(H,23,27)(H,25,26). The van der Waals surface area contributed by atoms with E-state index in [0.29, 0.717) is 35.8 Å². The van der Waals surface area contributed by atoms with E-state index in [9.17, 15) is 9.59 Å². The molecule has 0 fully saturated rings. The van der Waals surface area contributed by atoms with E-state index in [4.69, 9.17) is 4.74 Å². The topological polar surface area (TPSA) is 79.5 Å². The summed E-state index contributed by atoms with van der Waals surface area (Å²) in [5.41, 5.74) is 1.92. The minimum Gasteiger partial charge on any atom is -0.489 e. The molecule has 0 aliphatic heterocycles. The van der Waals surface area contributed by atoms with Gasteiger partial charge in [-0.25, -0.2) is 0 Å². The Bertz CT molecular complexity index is 805. The molecule has 2 aromatic carbocycles. The minimum absolute atomic E-state index is 0.0820. The van der Waals surface area contributed by atoms with Crippen molar-refractivity contribution in [2.24, 2.45) is 0 Å². The molecule has 0 heterocycles. The number of carbonyl (C=O) groups excluding carboxylic acids is 2. The number of rotatable bonds is 11. The first-order valence-corrected chi connectivity index (χ1v) is 9.38. The Hall–Kier alpha value is -3.28. The van der Waals surface area contributed by atoms with E-state index in [0.717, 1.165) is 12.8 Å². The lowest BCUT2D eigenvalue weighted by Gasteiger charge is -2.10. The molecule has 0 aliphatic carbocycles. The maximum absolute atomic E-state index is 12.2. The highest BCUT2D eigenvalue weighted by Gasteiger charge is 2.07. The second-order valence-electron chi connectivity index (χ2n) is 6.22. The molecule has 6 nitrogen and oxygen atoms in total. The third kappa shape index (κ3) is 7.15. The van der Waals surface area contributed by atoms with Crippen LogP contribution in [-0.4, -0.2) is 31.5 Å². The SMILES string of the molecule is C=CCOc1cccc(NC(=O)CNc2cccc(C(=O)NCCCC)c2)c1. The van der Waals surface area contributed by atoms with Crippen LogP contribution in [0.2, 0.25) is 0 Å². The molecule has 0 aliphatic rings. The molecule has 0 atom stereocenters. The van der Waals surface area contributed by atoms with Gasteiger partial charge in [0, 0.05) is 29.5 Å². The predicted octanol–water partition coefficient (Wildman–Crippen LogP) is 3.83. The molecule has 0 unspecified atom stereocenters. The van der Waals surface area contributed by atoms with Crippen LogP contribution in [0.1, 0.15) is 30.1 Å². The van der Waals surface area contributed by atoms with Gasteiger partial charge in [0.05, 0.1) is 6.54 Å². The quantitative estimate of drug-likeness (QED) is 0.408. The normalized spacial score (nSPS) is 10.0. The number of amides is 2. The van der Waals surface area contributed by atoms with Crippen LogP contribution < -0.4 is 20.7 Å². The summed E-state index contributed by atoms with van der Waals surface area (Å²) >= 11 is 0. The largest absolute Gasteiger partial charge is 0.489 e. The van der Waals surface area contributed by atoms with Crippen molar-refractivity contribution in [1.29, 1.82) is 0 Å². The zero-order valence-electron chi connectivity index (χ0n) is 16.2. The molecule has 2 rings (SSSR count). The van der Waals surface area contributed by atoms with Gasteiger partial charge in [0.25, 0.3) is 5.91 Å². The molecule has 0 radical (unpaired) electrons. The third-order valence-corrected chi connectivity index (χ3v) is 3.88. The molecule has 0 bridgehead atoms. The Balaban J connectivity index is 1.86. The summed E-state index contributed by atoms with van der Waals surface area (Å²) in [6.45, 7) is 6.83. The highest BCUT2D eigenvalue weighted by Crippen LogP contribution is 2.17. The average Bonchev–Trinajstić information content (AvgIpc) is 2.71. The molecule has 6 heteroatoms. The summed E-state index contributed by atoms with van der Waals surface area (Å²) in [5, 5.41) is 8.73. The number of hydrogen-bond donors (Lipinski definition) is 3. The van der Waals surface area contributed by atoms with Crippen molar-refractivity contribution in [1.82, 2.24) is 5.32 Å². The number of ether oxygens (including phenoxy) is 1. The molecule has 0 spiro atoms. The summed E-state index contributed by atoms with van der Waals surface area (Å²) in [6.07, 6.45) is 3.64. The second-order valence-corrected chi connectivity index (χ2v) is 6.22. The van der Waals surface area contributed by atoms with Crippen molar-refractivity contribution in [2.45, 2.75) is 19.8 Å². The van der Waals surface area contributed by atoms with Gasteiger partial charge in [-0.1, -0.05) is 38.1 Å². The van der Waals surface area contributed by atoms with Crippen LogP contribution in [0.25, 0.3) is 0 Å². The van der Waals surface area contributed by atoms with Gasteiger partial charge in [-0.3, -0.25) is 9.59 Å². The molecule has 2 aromatic rings. The van der Waals surface area contributed by atoms with E-state index >= 15 is 0 Å². The van der Waals surface area contributed by atoms with Gasteiger partial charge >= 0.3 is 0 Å². The summed E-state index contributed by atoms with van der Waals surface area (Å²) < 4.78 is 5.45. The maximum Gasteiger partial charge on any atom is 0.251 e. The fourth-order valence-electron chi connectivity index (χ4n) is 2.46. The molecule has 28 heavy (non-hydrogen) atoms. The maximum atomic E-state index is 12.2. The smallest absolute Gasteiger partial charge is 0.251 e. The number of anilines is 2. The van der Waals surface area contributed by atoms with Crippen molar-refractivity contribution < 1.29 is 14.3 Å². The van der Waals surface area contributed by atoms with Gasteiger partial charge in [-0.05, 0) is 36.8 Å². The van der Waals surface area contributed by atoms with Gasteiger partial charge < -0.3 is 20.7 Å². The number of hydrogen-bond acceptors (Lipinski definition) is 4. The van der Waals surface area contributed by atoms with Crippen molar-refractivity contribution >= 4 is 23.2 Å². The lowest BCUT2D eigenvalue weighted by molar-refractivity contribution is -0.114. The van der Waals surface area contributed by atoms with Crippen molar-refractivity contribution in [3.63, 3.8) is 0 Å². The molecule has 148 valence electrons. The first kappa shape index (κ1) is 21.0. The minimum atomic E-state index is -0.196. The Morgan fingerprint density at radius 1 is 1.11 bits per heavy atom. The van der Waals surface area contributed by atoms with Crippen LogP contribution in [0.5, 0.6) is 5.75 Å². The van der Waals surface area contributed by atoms with Gasteiger partial charge in [0.2, 0.25) is 5.91 Å². The van der Waals surface area contributed by atoms with Crippen LogP contribution in [0, 0.1) is 0 Å². The molecular weight excluding hydrogens is 354 g/mol. The Morgan fingerprint density at radius 3 is 2.68 bits per heavy atom. The number of nitrogens with one attached hydrogen (secondary N) is 3. The van der Waals surface area contributed by atoms with Crippen LogP contribution in [0.15, 0.2) is 61.2 Å². The van der Waals surface area contributed by atoms with Crippen LogP contribution in [0.3, 0.4) is 0 Å². The van der Waals surface area contributed by atoms with Crippen LogP contribution >= 0.6 is 0 Å². The van der Waals surface area contributed by atoms with E-state index in [1.165, 1.54) is 0 Å². The molecule has 2 amide bonds. The summed E-state index contributed by atoms with van der Waals surface area (Å²) in [7, 11) is 0. The van der Waals surface area contributed by atoms with E-state index in [-0.39, 0.29) is 18.4 Å². The van der Waals surface area contributed by atoms with Crippen molar-refractivity contribution in [3.05, 3.63) is 66.7 Å². The van der Waals surface area contributed by atoms with Crippen molar-refractivity contribution in [2.75, 3.05) is 30.3 Å². The second kappa shape index (κ2) is 11.4. The molecular formula is C22H27N3O3. The van der Waals surface area contributed by atoms with Gasteiger partial charge in [-0.2, -0.15) is 0 Å². The molecule has 0 saturated carbocycles. The Labute approximate surface area is 166 Å². The Morgan fingerprint density at radius 2 is 1.89 bits per heavy atom. The number of unbranched alkanes of at least 4 members (excludes halogenated alkanes) is 1. The van der Waals surface area contributed by atoms with Crippen LogP contribution in [-0.2, 0) is 4.79 Å². The lowest BCUT2D eigenvalue weighted by Crippen LogP contribution is -2.25. The fourth-order valence-corrected chi connectivity index (χ4v) is 2.46. The zero-order valence-corrected chi connectivity index (χ0v) is 16.2. The number of carbonyl (C=O) groups is 2. The van der Waals surface area contributed by atoms with Gasteiger partial charge in [0.1, 0.15) is 12.4 Å². The first-order chi connectivity index (χ1) is 13.6. The zero-order chi connectivity index (χ0) is 20.2. The molecule has 0 saturated heterocycles. The van der Waals surface area contributed by atoms with Crippen LogP contribution in [0.4, 0.5) is 11.4 Å². The monoisotopic (exact) mass is 381 g/mol. The predicted molar refractivity (Wildman–Crippen MR) is 113 cm³/mol. The van der Waals surface area contributed by atoms with E-state index < -0.39 is 0 Å². The van der Waals surface area contributed by atoms with E-state index in [1.807, 2.05) is 18.2 Å². The lowest BCUT2D eigenvalue weighted by atomic mass is 10.2. The molecule has 3 N–H and O–H groups in total. The summed E-state index contributed by atoms with van der Waals surface area (Å²) in [4.78, 5) is 24.3. The van der Waals surface area contributed by atoms with E-state index in [1.54, 1.807) is 36.4 Å². The van der Waals surface area contributed by atoms with Gasteiger partial charge in [-0.15, -0.1) is 0 Å². The highest BCUT2D eigenvalue weighted by atomic mass is 16.5.